The van der Waals surface area contributed by atoms with Crippen LogP contribution in [-0.4, -0.2) is 12.1 Å². The molecular formula is C16H24N2. The molecule has 0 radical (unpaired) electrons. The number of nitrogens with two attached hydrogens (primary N) is 1. The second-order valence-electron chi connectivity index (χ2n) is 5.95. The Labute approximate surface area is 110 Å². The normalized spacial score (nSPS) is 17.7. The summed E-state index contributed by atoms with van der Waals surface area (Å²) in [5.74, 6) is 5.69. The summed E-state index contributed by atoms with van der Waals surface area (Å²) in [5.41, 5.74) is 3.90. The van der Waals surface area contributed by atoms with E-state index in [4.69, 9.17) is 5.84 Å². The molecule has 1 aromatic rings. The highest BCUT2D eigenvalue weighted by Crippen LogP contribution is 2.40. The van der Waals surface area contributed by atoms with Crippen LogP contribution < -0.4 is 5.84 Å². The molecule has 0 atom stereocenters. The minimum atomic E-state index is 0.517. The zero-order valence-corrected chi connectivity index (χ0v) is 11.6. The Morgan fingerprint density at radius 1 is 1.28 bits per heavy atom. The Balaban J connectivity index is 2.06. The van der Waals surface area contributed by atoms with Crippen LogP contribution in [0.1, 0.15) is 43.7 Å². The first-order chi connectivity index (χ1) is 8.50. The SMILES string of the molecule is C=C(c1ccc(CC2(C)CCCC2)cc1)N(C)N. The molecule has 0 unspecified atom stereocenters. The van der Waals surface area contributed by atoms with E-state index in [0.717, 1.165) is 11.3 Å². The van der Waals surface area contributed by atoms with Crippen molar-refractivity contribution in [2.24, 2.45) is 11.3 Å². The molecule has 1 fully saturated rings. The third kappa shape index (κ3) is 2.94. The highest BCUT2D eigenvalue weighted by atomic mass is 15.4. The van der Waals surface area contributed by atoms with E-state index in [0.29, 0.717) is 5.41 Å². The number of nitrogens with zero attached hydrogens (tertiary/aromatic N) is 1. The minimum absolute atomic E-state index is 0.517. The van der Waals surface area contributed by atoms with Crippen molar-refractivity contribution in [1.29, 1.82) is 0 Å². The maximum Gasteiger partial charge on any atom is 0.0514 e. The van der Waals surface area contributed by atoms with Crippen molar-refractivity contribution >= 4 is 5.70 Å². The number of rotatable bonds is 4. The fraction of sp³-hybridized carbons (Fsp3) is 0.500. The molecule has 0 heterocycles. The Morgan fingerprint density at radius 2 is 1.83 bits per heavy atom. The van der Waals surface area contributed by atoms with Gasteiger partial charge >= 0.3 is 0 Å². The number of benzene rings is 1. The predicted octanol–water partition coefficient (Wildman–Crippen LogP) is 3.59. The molecule has 1 saturated carbocycles. The van der Waals surface area contributed by atoms with Gasteiger partial charge in [0, 0.05) is 7.05 Å². The van der Waals surface area contributed by atoms with Crippen LogP contribution in [0.25, 0.3) is 5.70 Å². The molecule has 2 rings (SSSR count). The standard InChI is InChI=1S/C16H24N2/c1-13(18(3)17)15-8-6-14(7-9-15)12-16(2)10-4-5-11-16/h6-9H,1,4-5,10-12,17H2,2-3H3. The highest BCUT2D eigenvalue weighted by molar-refractivity contribution is 5.61. The van der Waals surface area contributed by atoms with Gasteiger partial charge in [0.2, 0.25) is 0 Å². The molecule has 98 valence electrons. The summed E-state index contributed by atoms with van der Waals surface area (Å²) in [6.07, 6.45) is 6.71. The molecule has 2 nitrogen and oxygen atoms in total. The van der Waals surface area contributed by atoms with Crippen molar-refractivity contribution in [1.82, 2.24) is 5.01 Å². The average Bonchev–Trinajstić information content (AvgIpc) is 2.76. The summed E-state index contributed by atoms with van der Waals surface area (Å²) < 4.78 is 0. The molecule has 1 aliphatic carbocycles. The van der Waals surface area contributed by atoms with Crippen LogP contribution in [0.15, 0.2) is 30.8 Å². The van der Waals surface area contributed by atoms with Crippen LogP contribution in [0, 0.1) is 5.41 Å². The number of hydrogen-bond donors (Lipinski definition) is 1. The molecule has 18 heavy (non-hydrogen) atoms. The summed E-state index contributed by atoms with van der Waals surface area (Å²) in [7, 11) is 1.82. The van der Waals surface area contributed by atoms with Crippen LogP contribution in [0.2, 0.25) is 0 Å². The predicted molar refractivity (Wildman–Crippen MR) is 77.7 cm³/mol. The van der Waals surface area contributed by atoms with Crippen molar-refractivity contribution in [3.63, 3.8) is 0 Å². The van der Waals surface area contributed by atoms with Crippen LogP contribution >= 0.6 is 0 Å². The van der Waals surface area contributed by atoms with E-state index in [1.807, 2.05) is 7.05 Å². The molecule has 0 amide bonds. The monoisotopic (exact) mass is 244 g/mol. The lowest BCUT2D eigenvalue weighted by Crippen LogP contribution is -2.23. The van der Waals surface area contributed by atoms with Crippen LogP contribution in [0.5, 0.6) is 0 Å². The van der Waals surface area contributed by atoms with E-state index < -0.39 is 0 Å². The second-order valence-corrected chi connectivity index (χ2v) is 5.95. The van der Waals surface area contributed by atoms with Gasteiger partial charge in [0.05, 0.1) is 5.70 Å². The quantitative estimate of drug-likeness (QED) is 0.648. The summed E-state index contributed by atoms with van der Waals surface area (Å²) in [6.45, 7) is 6.39. The maximum absolute atomic E-state index is 5.69. The largest absolute Gasteiger partial charge is 0.314 e. The van der Waals surface area contributed by atoms with Crippen molar-refractivity contribution in [3.05, 3.63) is 42.0 Å². The van der Waals surface area contributed by atoms with Crippen molar-refractivity contribution < 1.29 is 0 Å². The fourth-order valence-electron chi connectivity index (χ4n) is 2.92. The molecule has 2 heteroatoms. The molecule has 2 N–H and O–H groups in total. The molecule has 0 bridgehead atoms. The Hall–Kier alpha value is -1.28. The molecule has 0 aliphatic heterocycles. The lowest BCUT2D eigenvalue weighted by molar-refractivity contribution is 0.334. The van der Waals surface area contributed by atoms with Gasteiger partial charge in [-0.1, -0.05) is 50.6 Å². The minimum Gasteiger partial charge on any atom is -0.314 e. The van der Waals surface area contributed by atoms with Crippen molar-refractivity contribution in [3.8, 4) is 0 Å². The van der Waals surface area contributed by atoms with Gasteiger partial charge in [-0.3, -0.25) is 0 Å². The van der Waals surface area contributed by atoms with E-state index in [1.165, 1.54) is 37.7 Å². The van der Waals surface area contributed by atoms with Gasteiger partial charge in [-0.15, -0.1) is 0 Å². The zero-order chi connectivity index (χ0) is 13.2. The van der Waals surface area contributed by atoms with Gasteiger partial charge in [-0.25, -0.2) is 5.84 Å². The van der Waals surface area contributed by atoms with Crippen LogP contribution in [0.4, 0.5) is 0 Å². The van der Waals surface area contributed by atoms with E-state index in [2.05, 4.69) is 37.8 Å². The number of hydrogen-bond acceptors (Lipinski definition) is 2. The second kappa shape index (κ2) is 5.15. The molecular weight excluding hydrogens is 220 g/mol. The lowest BCUT2D eigenvalue weighted by Gasteiger charge is -2.23. The first-order valence-corrected chi connectivity index (χ1v) is 6.77. The summed E-state index contributed by atoms with van der Waals surface area (Å²) >= 11 is 0. The van der Waals surface area contributed by atoms with E-state index in [9.17, 15) is 0 Å². The van der Waals surface area contributed by atoms with Crippen molar-refractivity contribution in [2.45, 2.75) is 39.0 Å². The van der Waals surface area contributed by atoms with Crippen LogP contribution in [0.3, 0.4) is 0 Å². The van der Waals surface area contributed by atoms with Crippen molar-refractivity contribution in [2.75, 3.05) is 7.05 Å². The first kappa shape index (κ1) is 13.2. The van der Waals surface area contributed by atoms with Crippen LogP contribution in [-0.2, 0) is 6.42 Å². The van der Waals surface area contributed by atoms with Gasteiger partial charge < -0.3 is 5.01 Å². The third-order valence-corrected chi connectivity index (χ3v) is 4.15. The zero-order valence-electron chi connectivity index (χ0n) is 11.6. The van der Waals surface area contributed by atoms with Gasteiger partial charge in [0.25, 0.3) is 0 Å². The van der Waals surface area contributed by atoms with E-state index in [-0.39, 0.29) is 0 Å². The van der Waals surface area contributed by atoms with E-state index in [1.54, 1.807) is 5.01 Å². The average molecular weight is 244 g/mol. The molecule has 0 spiro atoms. The third-order valence-electron chi connectivity index (χ3n) is 4.15. The van der Waals surface area contributed by atoms with Gasteiger partial charge in [0.15, 0.2) is 0 Å². The first-order valence-electron chi connectivity index (χ1n) is 6.77. The smallest absolute Gasteiger partial charge is 0.0514 e. The Kier molecular flexibility index (Phi) is 3.76. The van der Waals surface area contributed by atoms with E-state index >= 15 is 0 Å². The summed E-state index contributed by atoms with van der Waals surface area (Å²) in [4.78, 5) is 0. The fourth-order valence-corrected chi connectivity index (χ4v) is 2.92. The molecule has 1 aliphatic rings. The highest BCUT2D eigenvalue weighted by Gasteiger charge is 2.28. The van der Waals surface area contributed by atoms with Gasteiger partial charge in [-0.2, -0.15) is 0 Å². The molecule has 0 aromatic heterocycles. The topological polar surface area (TPSA) is 29.3 Å². The van der Waals surface area contributed by atoms with Gasteiger partial charge in [-0.05, 0) is 35.8 Å². The summed E-state index contributed by atoms with van der Waals surface area (Å²) in [6, 6.07) is 8.68. The Bertz CT molecular complexity index is 411. The molecule has 1 aromatic carbocycles. The van der Waals surface area contributed by atoms with Gasteiger partial charge in [0.1, 0.15) is 0 Å². The lowest BCUT2D eigenvalue weighted by atomic mass is 9.82. The summed E-state index contributed by atoms with van der Waals surface area (Å²) in [5, 5.41) is 1.56. The molecule has 0 saturated heterocycles. The maximum atomic E-state index is 5.69. The Morgan fingerprint density at radius 3 is 2.33 bits per heavy atom. The number of hydrazine groups is 1.